The highest BCUT2D eigenvalue weighted by Gasteiger charge is 2.29. The standard InChI is InChI=1S/C21H19FN2O4/c1-13-9-20(23-28-13)26-12-15-3-5-16(6-4-15)18-8-7-17(10-19(18)22)24-11-14(2)27-21(24)25/h3-10,14H,11-12H2,1-2H3/t14-/m0/s1. The minimum Gasteiger partial charge on any atom is -0.471 e. The first kappa shape index (κ1) is 18.0. The number of nitrogens with zero attached hydrogens (tertiary/aromatic N) is 2. The second kappa shape index (κ2) is 7.34. The van der Waals surface area contributed by atoms with Crippen molar-refractivity contribution in [3.63, 3.8) is 0 Å². The third-order valence-electron chi connectivity index (χ3n) is 4.48. The van der Waals surface area contributed by atoms with Gasteiger partial charge in [-0.05, 0) is 48.3 Å². The van der Waals surface area contributed by atoms with Crippen molar-refractivity contribution in [1.82, 2.24) is 5.16 Å². The number of aryl methyl sites for hydroxylation is 1. The lowest BCUT2D eigenvalue weighted by Gasteiger charge is -2.14. The van der Waals surface area contributed by atoms with E-state index in [1.54, 1.807) is 32.0 Å². The summed E-state index contributed by atoms with van der Waals surface area (Å²) >= 11 is 0. The number of ether oxygens (including phenoxy) is 2. The van der Waals surface area contributed by atoms with E-state index in [4.69, 9.17) is 14.0 Å². The van der Waals surface area contributed by atoms with Crippen molar-refractivity contribution in [3.8, 4) is 17.0 Å². The zero-order valence-electron chi connectivity index (χ0n) is 15.5. The first-order chi connectivity index (χ1) is 13.5. The molecule has 1 aromatic heterocycles. The smallest absolute Gasteiger partial charge is 0.414 e. The van der Waals surface area contributed by atoms with Gasteiger partial charge in [-0.1, -0.05) is 24.3 Å². The fourth-order valence-corrected chi connectivity index (χ4v) is 3.07. The van der Waals surface area contributed by atoms with Crippen LogP contribution in [0.3, 0.4) is 0 Å². The van der Waals surface area contributed by atoms with Gasteiger partial charge in [0, 0.05) is 11.6 Å². The average Bonchev–Trinajstić information content (AvgIpc) is 3.25. The van der Waals surface area contributed by atoms with Crippen LogP contribution in [0.5, 0.6) is 5.88 Å². The summed E-state index contributed by atoms with van der Waals surface area (Å²) < 4.78 is 30.3. The van der Waals surface area contributed by atoms with Crippen LogP contribution in [0.1, 0.15) is 18.2 Å². The average molecular weight is 382 g/mol. The molecule has 0 spiro atoms. The highest BCUT2D eigenvalue weighted by atomic mass is 19.1. The number of hydrogen-bond acceptors (Lipinski definition) is 5. The van der Waals surface area contributed by atoms with Crippen LogP contribution in [0.25, 0.3) is 11.1 Å². The maximum Gasteiger partial charge on any atom is 0.414 e. The second-order valence-electron chi connectivity index (χ2n) is 6.73. The Kier molecular flexibility index (Phi) is 4.73. The first-order valence-electron chi connectivity index (χ1n) is 8.93. The highest BCUT2D eigenvalue weighted by molar-refractivity contribution is 5.90. The van der Waals surface area contributed by atoms with Crippen LogP contribution in [0.4, 0.5) is 14.9 Å². The summed E-state index contributed by atoms with van der Waals surface area (Å²) in [7, 11) is 0. The SMILES string of the molecule is Cc1cc(OCc2ccc(-c3ccc(N4C[C@H](C)OC4=O)cc3F)cc2)no1. The van der Waals surface area contributed by atoms with E-state index in [0.717, 1.165) is 11.1 Å². The van der Waals surface area contributed by atoms with Crippen LogP contribution in [-0.4, -0.2) is 23.9 Å². The molecule has 0 bridgehead atoms. The number of hydrogen-bond donors (Lipinski definition) is 0. The van der Waals surface area contributed by atoms with Crippen molar-refractivity contribution in [2.45, 2.75) is 26.6 Å². The molecule has 1 aliphatic rings. The Morgan fingerprint density at radius 2 is 2.00 bits per heavy atom. The summed E-state index contributed by atoms with van der Waals surface area (Å²) in [6.07, 6.45) is -0.655. The molecular formula is C21H19FN2O4. The molecule has 28 heavy (non-hydrogen) atoms. The fourth-order valence-electron chi connectivity index (χ4n) is 3.07. The van der Waals surface area contributed by atoms with Crippen LogP contribution in [0, 0.1) is 12.7 Å². The molecule has 0 aliphatic carbocycles. The second-order valence-corrected chi connectivity index (χ2v) is 6.73. The van der Waals surface area contributed by atoms with E-state index < -0.39 is 11.9 Å². The van der Waals surface area contributed by atoms with Gasteiger partial charge >= 0.3 is 6.09 Å². The Balaban J connectivity index is 1.47. The topological polar surface area (TPSA) is 64.8 Å². The molecule has 0 saturated carbocycles. The van der Waals surface area contributed by atoms with Crippen LogP contribution in [0.15, 0.2) is 53.1 Å². The predicted molar refractivity (Wildman–Crippen MR) is 101 cm³/mol. The van der Waals surface area contributed by atoms with Crippen LogP contribution in [0.2, 0.25) is 0 Å². The number of rotatable bonds is 5. The minimum absolute atomic E-state index is 0.203. The van der Waals surface area contributed by atoms with Crippen LogP contribution < -0.4 is 9.64 Å². The van der Waals surface area contributed by atoms with E-state index in [1.165, 1.54) is 11.0 Å². The molecular weight excluding hydrogens is 363 g/mol. The molecule has 2 heterocycles. The number of benzene rings is 2. The van der Waals surface area contributed by atoms with Gasteiger partial charge in [-0.15, -0.1) is 0 Å². The quantitative estimate of drug-likeness (QED) is 0.639. The summed E-state index contributed by atoms with van der Waals surface area (Å²) in [6.45, 7) is 4.35. The van der Waals surface area contributed by atoms with Crippen LogP contribution in [-0.2, 0) is 11.3 Å². The van der Waals surface area contributed by atoms with Crippen molar-refractivity contribution in [2.75, 3.05) is 11.4 Å². The molecule has 3 aromatic rings. The molecule has 1 aliphatic heterocycles. The molecule has 6 nitrogen and oxygen atoms in total. The Morgan fingerprint density at radius 1 is 1.21 bits per heavy atom. The van der Waals surface area contributed by atoms with Gasteiger partial charge in [0.2, 0.25) is 0 Å². The molecule has 1 fully saturated rings. The maximum absolute atomic E-state index is 14.7. The summed E-state index contributed by atoms with van der Waals surface area (Å²) in [5, 5.41) is 3.77. The number of amides is 1. The Bertz CT molecular complexity index is 1000. The number of carbonyl (C=O) groups is 1. The Morgan fingerprint density at radius 3 is 2.61 bits per heavy atom. The molecule has 1 atom stereocenters. The molecule has 1 saturated heterocycles. The van der Waals surface area contributed by atoms with E-state index in [2.05, 4.69) is 5.16 Å². The van der Waals surface area contributed by atoms with Gasteiger partial charge in [-0.2, -0.15) is 0 Å². The lowest BCUT2D eigenvalue weighted by molar-refractivity contribution is 0.150. The monoisotopic (exact) mass is 382 g/mol. The highest BCUT2D eigenvalue weighted by Crippen LogP contribution is 2.29. The third-order valence-corrected chi connectivity index (χ3v) is 4.48. The summed E-state index contributed by atoms with van der Waals surface area (Å²) in [6, 6.07) is 13.9. The first-order valence-corrected chi connectivity index (χ1v) is 8.93. The normalized spacial score (nSPS) is 16.3. The molecule has 0 unspecified atom stereocenters. The molecule has 0 N–H and O–H groups in total. The largest absolute Gasteiger partial charge is 0.471 e. The molecule has 144 valence electrons. The zero-order valence-corrected chi connectivity index (χ0v) is 15.5. The number of cyclic esters (lactones) is 1. The lowest BCUT2D eigenvalue weighted by Crippen LogP contribution is -2.24. The summed E-state index contributed by atoms with van der Waals surface area (Å²) in [5.74, 6) is 0.714. The van der Waals surface area contributed by atoms with Crippen molar-refractivity contribution >= 4 is 11.8 Å². The van der Waals surface area contributed by atoms with Gasteiger partial charge in [0.15, 0.2) is 0 Å². The van der Waals surface area contributed by atoms with Crippen molar-refractivity contribution < 1.29 is 23.2 Å². The van der Waals surface area contributed by atoms with Gasteiger partial charge in [-0.25, -0.2) is 9.18 Å². The van der Waals surface area contributed by atoms with E-state index in [9.17, 15) is 9.18 Å². The molecule has 0 radical (unpaired) electrons. The number of aromatic nitrogens is 1. The van der Waals surface area contributed by atoms with Crippen molar-refractivity contribution in [2.24, 2.45) is 0 Å². The van der Waals surface area contributed by atoms with Crippen molar-refractivity contribution in [3.05, 3.63) is 65.7 Å². The van der Waals surface area contributed by atoms with E-state index in [1.807, 2.05) is 24.3 Å². The van der Waals surface area contributed by atoms with E-state index >= 15 is 0 Å². The number of halogens is 1. The molecule has 2 aromatic carbocycles. The summed E-state index contributed by atoms with van der Waals surface area (Å²) in [4.78, 5) is 13.2. The molecule has 7 heteroatoms. The number of anilines is 1. The number of carbonyl (C=O) groups excluding carboxylic acids is 1. The lowest BCUT2D eigenvalue weighted by atomic mass is 10.0. The molecule has 4 rings (SSSR count). The van der Waals surface area contributed by atoms with Crippen molar-refractivity contribution in [1.29, 1.82) is 0 Å². The predicted octanol–water partition coefficient (Wildman–Crippen LogP) is 4.71. The fraction of sp³-hybridized carbons (Fsp3) is 0.238. The van der Waals surface area contributed by atoms with Gasteiger partial charge < -0.3 is 14.0 Å². The third kappa shape index (κ3) is 3.69. The minimum atomic E-state index is -0.452. The van der Waals surface area contributed by atoms with E-state index in [0.29, 0.717) is 36.0 Å². The summed E-state index contributed by atoms with van der Waals surface area (Å²) in [5.41, 5.74) is 2.62. The zero-order chi connectivity index (χ0) is 19.7. The van der Waals surface area contributed by atoms with Gasteiger partial charge in [0.25, 0.3) is 5.88 Å². The Hall–Kier alpha value is -3.35. The Labute approximate surface area is 161 Å². The maximum atomic E-state index is 14.7. The van der Waals surface area contributed by atoms with Gasteiger partial charge in [0.05, 0.1) is 12.2 Å². The van der Waals surface area contributed by atoms with Gasteiger partial charge in [0.1, 0.15) is 24.3 Å². The van der Waals surface area contributed by atoms with E-state index in [-0.39, 0.29) is 6.10 Å². The molecule has 1 amide bonds. The van der Waals surface area contributed by atoms with Crippen LogP contribution >= 0.6 is 0 Å². The van der Waals surface area contributed by atoms with Gasteiger partial charge in [-0.3, -0.25) is 4.90 Å².